The molecule has 1 aliphatic rings. The van der Waals surface area contributed by atoms with Crippen LogP contribution in [0.1, 0.15) is 58.8 Å². The third-order valence-electron chi connectivity index (χ3n) is 5.66. The Hall–Kier alpha value is -1.42. The van der Waals surface area contributed by atoms with E-state index in [1.165, 1.54) is 36.1 Å². The summed E-state index contributed by atoms with van der Waals surface area (Å²) in [5, 5.41) is 2.46. The first kappa shape index (κ1) is 20.3. The largest absolute Gasteiger partial charge is 0.407 e. The molecule has 0 aromatic heterocycles. The molecule has 0 saturated heterocycles. The van der Waals surface area contributed by atoms with Crippen molar-refractivity contribution >= 4 is 18.9 Å². The molecule has 1 aliphatic carbocycles. The van der Waals surface area contributed by atoms with Crippen LogP contribution in [-0.4, -0.2) is 21.3 Å². The van der Waals surface area contributed by atoms with Gasteiger partial charge in [-0.1, -0.05) is 87.4 Å². The second kappa shape index (κ2) is 10.2. The minimum Gasteiger partial charge on any atom is -0.388 e. The normalized spacial score (nSPS) is 20.5. The van der Waals surface area contributed by atoms with Crippen LogP contribution in [0.25, 0.3) is 0 Å². The molecule has 0 N–H and O–H groups in total. The van der Waals surface area contributed by atoms with E-state index < -0.39 is 8.56 Å². The molecule has 27 heavy (non-hydrogen) atoms. The van der Waals surface area contributed by atoms with Crippen LogP contribution in [0.4, 0.5) is 0 Å². The average Bonchev–Trinajstić information content (AvgIpc) is 2.73. The molecular formula is C24H34O2Si. The maximum absolute atomic E-state index is 7.00. The van der Waals surface area contributed by atoms with Gasteiger partial charge >= 0.3 is 8.56 Å². The van der Waals surface area contributed by atoms with E-state index in [9.17, 15) is 0 Å². The minimum absolute atomic E-state index is 0.305. The van der Waals surface area contributed by atoms with Crippen molar-refractivity contribution in [3.05, 3.63) is 60.7 Å². The van der Waals surface area contributed by atoms with Gasteiger partial charge in [-0.05, 0) is 48.4 Å². The van der Waals surface area contributed by atoms with Gasteiger partial charge < -0.3 is 8.85 Å². The Morgan fingerprint density at radius 2 is 1.37 bits per heavy atom. The highest BCUT2D eigenvalue weighted by atomic mass is 28.4. The summed E-state index contributed by atoms with van der Waals surface area (Å²) < 4.78 is 13.7. The monoisotopic (exact) mass is 382 g/mol. The van der Waals surface area contributed by atoms with Crippen molar-refractivity contribution in [1.82, 2.24) is 0 Å². The maximum atomic E-state index is 7.00. The molecule has 3 rings (SSSR count). The Morgan fingerprint density at radius 1 is 0.815 bits per heavy atom. The molecule has 0 heterocycles. The molecule has 2 aromatic rings. The third-order valence-corrected chi connectivity index (χ3v) is 9.12. The highest BCUT2D eigenvalue weighted by Gasteiger charge is 2.45. The fraction of sp³-hybridized carbons (Fsp3) is 0.500. The lowest BCUT2D eigenvalue weighted by Crippen LogP contribution is -2.65. The lowest BCUT2D eigenvalue weighted by Gasteiger charge is -2.37. The van der Waals surface area contributed by atoms with Crippen LogP contribution in [0, 0.1) is 5.92 Å². The second-order valence-corrected chi connectivity index (χ2v) is 10.8. The molecule has 3 heteroatoms. The van der Waals surface area contributed by atoms with Gasteiger partial charge in [0.15, 0.2) is 0 Å². The Morgan fingerprint density at radius 3 is 1.89 bits per heavy atom. The van der Waals surface area contributed by atoms with Gasteiger partial charge in [0.1, 0.15) is 0 Å². The van der Waals surface area contributed by atoms with Crippen LogP contribution < -0.4 is 10.4 Å². The summed E-state index contributed by atoms with van der Waals surface area (Å²) in [6, 6.07) is 21.4. The molecule has 0 radical (unpaired) electrons. The summed E-state index contributed by atoms with van der Waals surface area (Å²) in [7, 11) is -2.71. The topological polar surface area (TPSA) is 18.5 Å². The van der Waals surface area contributed by atoms with Crippen molar-refractivity contribution in [1.29, 1.82) is 0 Å². The smallest absolute Gasteiger partial charge is 0.388 e. The van der Waals surface area contributed by atoms with E-state index in [4.69, 9.17) is 8.85 Å². The lowest BCUT2D eigenvalue weighted by molar-refractivity contribution is 0.0892. The van der Waals surface area contributed by atoms with E-state index in [-0.39, 0.29) is 0 Å². The van der Waals surface area contributed by atoms with E-state index in [1.807, 2.05) is 0 Å². The Balaban J connectivity index is 1.93. The van der Waals surface area contributed by atoms with Crippen molar-refractivity contribution in [2.24, 2.45) is 5.92 Å². The molecule has 0 bridgehead atoms. The maximum Gasteiger partial charge on any atom is 0.407 e. The van der Waals surface area contributed by atoms with Crippen LogP contribution in [0.5, 0.6) is 0 Å². The lowest BCUT2D eigenvalue weighted by atomic mass is 9.89. The Bertz CT molecular complexity index is 611. The molecule has 2 aromatic carbocycles. The highest BCUT2D eigenvalue weighted by molar-refractivity contribution is 6.92. The first-order valence-corrected chi connectivity index (χ1v) is 12.5. The summed E-state index contributed by atoms with van der Waals surface area (Å²) in [5.41, 5.74) is 0. The molecule has 1 fully saturated rings. The molecule has 0 aliphatic heterocycles. The zero-order chi connectivity index (χ0) is 19.0. The average molecular weight is 383 g/mol. The van der Waals surface area contributed by atoms with Crippen LogP contribution in [0.15, 0.2) is 60.7 Å². The summed E-state index contributed by atoms with van der Waals surface area (Å²) in [4.78, 5) is 0. The van der Waals surface area contributed by atoms with E-state index in [2.05, 4.69) is 74.5 Å². The SMILES string of the molecule is CCCCCO[Si](OC1CCC(C)CC1)(c1ccccc1)c1ccccc1. The van der Waals surface area contributed by atoms with Gasteiger partial charge in [0.25, 0.3) is 0 Å². The van der Waals surface area contributed by atoms with Crippen LogP contribution >= 0.6 is 0 Å². The Labute approximate surface area is 166 Å². The van der Waals surface area contributed by atoms with Gasteiger partial charge in [0, 0.05) is 12.7 Å². The predicted molar refractivity (Wildman–Crippen MR) is 116 cm³/mol. The van der Waals surface area contributed by atoms with E-state index in [0.29, 0.717) is 6.10 Å². The van der Waals surface area contributed by atoms with Crippen LogP contribution in [0.3, 0.4) is 0 Å². The predicted octanol–water partition coefficient (Wildman–Crippen LogP) is 5.05. The highest BCUT2D eigenvalue weighted by Crippen LogP contribution is 2.28. The fourth-order valence-electron chi connectivity index (χ4n) is 3.97. The summed E-state index contributed by atoms with van der Waals surface area (Å²) in [6.45, 7) is 5.36. The van der Waals surface area contributed by atoms with Crippen molar-refractivity contribution < 1.29 is 8.85 Å². The second-order valence-electron chi connectivity index (χ2n) is 7.90. The summed E-state index contributed by atoms with van der Waals surface area (Å²) >= 11 is 0. The van der Waals surface area contributed by atoms with Gasteiger partial charge in [-0.25, -0.2) is 0 Å². The molecule has 1 saturated carbocycles. The number of rotatable bonds is 9. The summed E-state index contributed by atoms with van der Waals surface area (Å²) in [6.07, 6.45) is 8.62. The van der Waals surface area contributed by atoms with Crippen molar-refractivity contribution in [2.45, 2.75) is 64.9 Å². The van der Waals surface area contributed by atoms with Crippen LogP contribution in [-0.2, 0) is 8.85 Å². The fourth-order valence-corrected chi connectivity index (χ4v) is 7.37. The molecule has 2 nitrogen and oxygen atoms in total. The number of unbranched alkanes of at least 4 members (excludes halogenated alkanes) is 2. The standard InChI is InChI=1S/C24H34O2Si/c1-3-4-11-20-25-27(23-12-7-5-8-13-23,24-14-9-6-10-15-24)26-22-18-16-21(2)17-19-22/h5-10,12-15,21-22H,3-4,11,16-20H2,1-2H3. The van der Waals surface area contributed by atoms with Gasteiger partial charge in [-0.3, -0.25) is 0 Å². The molecule has 0 amide bonds. The van der Waals surface area contributed by atoms with Crippen molar-refractivity contribution in [2.75, 3.05) is 6.61 Å². The number of hydrogen-bond acceptors (Lipinski definition) is 2. The molecule has 0 atom stereocenters. The van der Waals surface area contributed by atoms with Gasteiger partial charge in [0.2, 0.25) is 0 Å². The molecule has 146 valence electrons. The zero-order valence-corrected chi connectivity index (χ0v) is 17.9. The first-order valence-electron chi connectivity index (χ1n) is 10.7. The number of hydrogen-bond donors (Lipinski definition) is 0. The molecule has 0 spiro atoms. The minimum atomic E-state index is -2.71. The number of benzene rings is 2. The van der Waals surface area contributed by atoms with Crippen molar-refractivity contribution in [3.63, 3.8) is 0 Å². The molecule has 0 unspecified atom stereocenters. The van der Waals surface area contributed by atoms with E-state index in [0.717, 1.165) is 31.8 Å². The zero-order valence-electron chi connectivity index (χ0n) is 16.9. The van der Waals surface area contributed by atoms with Crippen LogP contribution in [0.2, 0.25) is 0 Å². The van der Waals surface area contributed by atoms with E-state index in [1.54, 1.807) is 0 Å². The third kappa shape index (κ3) is 5.31. The first-order chi connectivity index (χ1) is 13.2. The summed E-state index contributed by atoms with van der Waals surface area (Å²) in [5.74, 6) is 0.819. The quantitative estimate of drug-likeness (QED) is 0.446. The van der Waals surface area contributed by atoms with Gasteiger partial charge in [-0.2, -0.15) is 0 Å². The molecular weight excluding hydrogens is 348 g/mol. The van der Waals surface area contributed by atoms with Gasteiger partial charge in [-0.15, -0.1) is 0 Å². The van der Waals surface area contributed by atoms with Crippen molar-refractivity contribution in [3.8, 4) is 0 Å². The Kier molecular flexibility index (Phi) is 7.68. The van der Waals surface area contributed by atoms with E-state index >= 15 is 0 Å². The van der Waals surface area contributed by atoms with Gasteiger partial charge in [0.05, 0.1) is 0 Å².